The summed E-state index contributed by atoms with van der Waals surface area (Å²) >= 11 is 0. The molecule has 2 N–H and O–H groups in total. The average molecular weight is 446 g/mol. The highest BCUT2D eigenvalue weighted by Crippen LogP contribution is 2.40. The number of hydrogen-bond donors (Lipinski definition) is 2. The predicted octanol–water partition coefficient (Wildman–Crippen LogP) is 3.35. The minimum absolute atomic E-state index is 0. The number of nitrogens with zero attached hydrogens (tertiary/aromatic N) is 2. The highest BCUT2D eigenvalue weighted by molar-refractivity contribution is 14.0. The number of guanidine groups is 1. The second-order valence-corrected chi connectivity index (χ2v) is 6.25. The molecule has 6 heteroatoms. The number of nitrogens with one attached hydrogen (secondary N) is 2. The van der Waals surface area contributed by atoms with E-state index in [0.717, 1.165) is 37.8 Å². The van der Waals surface area contributed by atoms with E-state index in [2.05, 4.69) is 27.5 Å². The fourth-order valence-electron chi connectivity index (χ4n) is 3.24. The molecule has 1 aliphatic rings. The summed E-state index contributed by atoms with van der Waals surface area (Å²) in [6.45, 7) is 5.37. The van der Waals surface area contributed by atoms with Gasteiger partial charge in [0.1, 0.15) is 0 Å². The fraction of sp³-hybridized carbons (Fsp3) is 0.667. The van der Waals surface area contributed by atoms with Gasteiger partial charge in [-0.15, -0.1) is 24.0 Å². The van der Waals surface area contributed by atoms with E-state index in [-0.39, 0.29) is 24.0 Å². The minimum Gasteiger partial charge on any atom is -0.382 e. The lowest BCUT2D eigenvalue weighted by Gasteiger charge is -2.30. The summed E-state index contributed by atoms with van der Waals surface area (Å²) in [6, 6.07) is 5.95. The van der Waals surface area contributed by atoms with Crippen LogP contribution in [0.4, 0.5) is 0 Å². The Morgan fingerprint density at radius 3 is 2.71 bits per heavy atom. The van der Waals surface area contributed by atoms with Crippen LogP contribution in [-0.2, 0) is 11.3 Å². The van der Waals surface area contributed by atoms with Gasteiger partial charge >= 0.3 is 0 Å². The van der Waals surface area contributed by atoms with Crippen LogP contribution in [0, 0.1) is 5.41 Å². The normalized spacial score (nSPS) is 16.5. The second kappa shape index (κ2) is 11.6. The molecule has 2 rings (SSSR count). The van der Waals surface area contributed by atoms with E-state index in [1.807, 2.05) is 31.4 Å². The zero-order valence-electron chi connectivity index (χ0n) is 14.9. The van der Waals surface area contributed by atoms with Crippen LogP contribution in [0.5, 0.6) is 0 Å². The van der Waals surface area contributed by atoms with Gasteiger partial charge < -0.3 is 15.4 Å². The predicted molar refractivity (Wildman–Crippen MR) is 110 cm³/mol. The Labute approximate surface area is 163 Å². The van der Waals surface area contributed by atoms with E-state index in [4.69, 9.17) is 4.74 Å². The number of aliphatic imine (C=N–C) groups is 1. The maximum absolute atomic E-state index is 5.58. The highest BCUT2D eigenvalue weighted by atomic mass is 127. The number of hydrogen-bond acceptors (Lipinski definition) is 3. The molecule has 1 fully saturated rings. The summed E-state index contributed by atoms with van der Waals surface area (Å²) in [5.41, 5.74) is 1.38. The van der Waals surface area contributed by atoms with Gasteiger partial charge in [-0.2, -0.15) is 0 Å². The van der Waals surface area contributed by atoms with E-state index >= 15 is 0 Å². The van der Waals surface area contributed by atoms with E-state index in [0.29, 0.717) is 12.0 Å². The monoisotopic (exact) mass is 446 g/mol. The molecule has 1 heterocycles. The van der Waals surface area contributed by atoms with Crippen molar-refractivity contribution in [2.45, 2.75) is 45.6 Å². The molecular formula is C18H31IN4O. The van der Waals surface area contributed by atoms with Crippen LogP contribution >= 0.6 is 24.0 Å². The molecule has 0 bridgehead atoms. The quantitative estimate of drug-likeness (QED) is 0.278. The second-order valence-electron chi connectivity index (χ2n) is 6.25. The molecule has 1 aliphatic carbocycles. The lowest BCUT2D eigenvalue weighted by molar-refractivity contribution is 0.105. The van der Waals surface area contributed by atoms with Crippen molar-refractivity contribution in [3.8, 4) is 0 Å². The Kier molecular flexibility index (Phi) is 10.2. The van der Waals surface area contributed by atoms with Crippen molar-refractivity contribution < 1.29 is 4.74 Å². The first-order chi connectivity index (χ1) is 11.3. The van der Waals surface area contributed by atoms with Crippen molar-refractivity contribution in [3.63, 3.8) is 0 Å². The summed E-state index contributed by atoms with van der Waals surface area (Å²) in [6.07, 6.45) is 8.16. The van der Waals surface area contributed by atoms with Crippen LogP contribution in [0.25, 0.3) is 0 Å². The molecule has 5 nitrogen and oxygen atoms in total. The molecule has 0 atom stereocenters. The van der Waals surface area contributed by atoms with Gasteiger partial charge in [-0.1, -0.05) is 18.9 Å². The molecule has 1 aromatic rings. The molecule has 0 aliphatic heterocycles. The molecule has 0 aromatic carbocycles. The van der Waals surface area contributed by atoms with Crippen molar-refractivity contribution in [2.75, 3.05) is 26.8 Å². The molecule has 136 valence electrons. The number of ether oxygens (including phenoxy) is 1. The Hall–Kier alpha value is -0.890. The molecular weight excluding hydrogens is 415 g/mol. The van der Waals surface area contributed by atoms with Crippen LogP contribution in [-0.4, -0.2) is 37.7 Å². The Morgan fingerprint density at radius 1 is 1.29 bits per heavy atom. The molecule has 24 heavy (non-hydrogen) atoms. The van der Waals surface area contributed by atoms with Gasteiger partial charge in [0.2, 0.25) is 0 Å². The fourth-order valence-corrected chi connectivity index (χ4v) is 3.24. The standard InChI is InChI=1S/C18H30N4O.HI/c1-3-23-13-11-18(9-5-6-10-18)15-22-17(19-2)21-14-16-8-4-7-12-20-16;/h4,7-8,12H,3,5-6,9-11,13-15H2,1-2H3,(H2,19,21,22);1H. The molecule has 1 aromatic heterocycles. The van der Waals surface area contributed by atoms with Gasteiger partial charge in [0, 0.05) is 33.0 Å². The van der Waals surface area contributed by atoms with Crippen LogP contribution in [0.2, 0.25) is 0 Å². The number of pyridine rings is 1. The molecule has 1 saturated carbocycles. The van der Waals surface area contributed by atoms with Crippen LogP contribution in [0.1, 0.15) is 44.7 Å². The third-order valence-corrected chi connectivity index (χ3v) is 4.66. The Bertz CT molecular complexity index is 475. The first-order valence-electron chi connectivity index (χ1n) is 8.70. The molecule has 0 amide bonds. The number of aromatic nitrogens is 1. The van der Waals surface area contributed by atoms with Gasteiger partial charge in [-0.05, 0) is 43.7 Å². The molecule has 0 unspecified atom stereocenters. The van der Waals surface area contributed by atoms with Crippen molar-refractivity contribution >= 4 is 29.9 Å². The maximum atomic E-state index is 5.58. The first kappa shape index (κ1) is 21.2. The van der Waals surface area contributed by atoms with Crippen LogP contribution in [0.3, 0.4) is 0 Å². The van der Waals surface area contributed by atoms with Gasteiger partial charge in [0.05, 0.1) is 12.2 Å². The first-order valence-corrected chi connectivity index (χ1v) is 8.70. The zero-order valence-corrected chi connectivity index (χ0v) is 17.2. The van der Waals surface area contributed by atoms with Crippen LogP contribution < -0.4 is 10.6 Å². The summed E-state index contributed by atoms with van der Waals surface area (Å²) in [7, 11) is 1.81. The highest BCUT2D eigenvalue weighted by Gasteiger charge is 2.33. The maximum Gasteiger partial charge on any atom is 0.191 e. The van der Waals surface area contributed by atoms with E-state index in [9.17, 15) is 0 Å². The van der Waals surface area contributed by atoms with Crippen molar-refractivity contribution in [1.82, 2.24) is 15.6 Å². The topological polar surface area (TPSA) is 58.5 Å². The SMILES string of the molecule is CCOCCC1(CNC(=NC)NCc2ccccn2)CCCC1.I. The van der Waals surface area contributed by atoms with Gasteiger partial charge in [0.25, 0.3) is 0 Å². The van der Waals surface area contributed by atoms with Crippen molar-refractivity contribution in [3.05, 3.63) is 30.1 Å². The summed E-state index contributed by atoms with van der Waals surface area (Å²) < 4.78 is 5.58. The summed E-state index contributed by atoms with van der Waals surface area (Å²) in [5, 5.41) is 6.84. The zero-order chi connectivity index (χ0) is 16.4. The summed E-state index contributed by atoms with van der Waals surface area (Å²) in [5.74, 6) is 0.846. The Morgan fingerprint density at radius 2 is 2.08 bits per heavy atom. The summed E-state index contributed by atoms with van der Waals surface area (Å²) in [4.78, 5) is 8.65. The van der Waals surface area contributed by atoms with Gasteiger partial charge in [-0.3, -0.25) is 9.98 Å². The van der Waals surface area contributed by atoms with Gasteiger partial charge in [-0.25, -0.2) is 0 Å². The molecule has 0 saturated heterocycles. The van der Waals surface area contributed by atoms with Gasteiger partial charge in [0.15, 0.2) is 5.96 Å². The Balaban J connectivity index is 0.00000288. The van der Waals surface area contributed by atoms with Crippen LogP contribution in [0.15, 0.2) is 29.4 Å². The smallest absolute Gasteiger partial charge is 0.191 e. The lowest BCUT2D eigenvalue weighted by atomic mass is 9.83. The van der Waals surface area contributed by atoms with E-state index < -0.39 is 0 Å². The molecule has 0 spiro atoms. The lowest BCUT2D eigenvalue weighted by Crippen LogP contribution is -2.43. The van der Waals surface area contributed by atoms with E-state index in [1.165, 1.54) is 25.7 Å². The largest absolute Gasteiger partial charge is 0.382 e. The number of rotatable bonds is 8. The third kappa shape index (κ3) is 6.93. The van der Waals surface area contributed by atoms with E-state index in [1.54, 1.807) is 0 Å². The molecule has 0 radical (unpaired) electrons. The number of halogens is 1. The van der Waals surface area contributed by atoms with Crippen molar-refractivity contribution in [2.24, 2.45) is 10.4 Å². The average Bonchev–Trinajstić information content (AvgIpc) is 3.05. The third-order valence-electron chi connectivity index (χ3n) is 4.66. The minimum atomic E-state index is 0. The van der Waals surface area contributed by atoms with Crippen molar-refractivity contribution in [1.29, 1.82) is 0 Å².